The van der Waals surface area contributed by atoms with Crippen molar-refractivity contribution in [3.63, 3.8) is 0 Å². The van der Waals surface area contributed by atoms with Gasteiger partial charge in [-0.3, -0.25) is 4.79 Å². The molecule has 2 aromatic carbocycles. The van der Waals surface area contributed by atoms with Gasteiger partial charge in [0, 0.05) is 27.7 Å². The van der Waals surface area contributed by atoms with Crippen molar-refractivity contribution in [2.75, 3.05) is 12.4 Å². The number of aryl methyl sites for hydroxylation is 1. The number of hydrogen-bond donors (Lipinski definition) is 1. The maximum Gasteiger partial charge on any atom is 0.338 e. The summed E-state index contributed by atoms with van der Waals surface area (Å²) in [6, 6.07) is 14.0. The van der Waals surface area contributed by atoms with Crippen molar-refractivity contribution in [1.82, 2.24) is 20.2 Å². The lowest BCUT2D eigenvalue weighted by molar-refractivity contribution is -0.118. The Morgan fingerprint density at radius 1 is 1.12 bits per heavy atom. The number of carbonyl (C=O) groups excluding carboxylic acids is 2. The number of carbonyl (C=O) groups is 2. The van der Waals surface area contributed by atoms with E-state index >= 15 is 0 Å². The van der Waals surface area contributed by atoms with E-state index in [0.29, 0.717) is 28.0 Å². The predicted octanol–water partition coefficient (Wildman–Crippen LogP) is 5.78. The van der Waals surface area contributed by atoms with E-state index in [4.69, 9.17) is 37.1 Å². The van der Waals surface area contributed by atoms with Crippen molar-refractivity contribution in [1.29, 1.82) is 0 Å². The molecule has 1 N–H and O–H groups in total. The second kappa shape index (κ2) is 13.5. The molecular weight excluding hydrogens is 577 g/mol. The summed E-state index contributed by atoms with van der Waals surface area (Å²) in [5, 5.41) is 13.0. The average Bonchev–Trinajstić information content (AvgIpc) is 3.50. The van der Waals surface area contributed by atoms with Crippen LogP contribution in [0.25, 0.3) is 5.69 Å². The summed E-state index contributed by atoms with van der Waals surface area (Å²) in [7, 11) is 0. The third kappa shape index (κ3) is 7.44. The molecule has 0 bridgehead atoms. The molecule has 0 aliphatic carbocycles. The van der Waals surface area contributed by atoms with Gasteiger partial charge in [-0.15, -0.1) is 10.2 Å². The first-order valence-corrected chi connectivity index (χ1v) is 13.8. The van der Waals surface area contributed by atoms with E-state index in [1.54, 1.807) is 43.5 Å². The minimum absolute atomic E-state index is 0.0133. The summed E-state index contributed by atoms with van der Waals surface area (Å²) in [5.74, 6) is -0.00567. The number of aromatic nitrogens is 3. The molecule has 2 aromatic heterocycles. The molecule has 0 fully saturated rings. The fourth-order valence-corrected chi connectivity index (χ4v) is 4.73. The van der Waals surface area contributed by atoms with E-state index in [-0.39, 0.29) is 35.3 Å². The van der Waals surface area contributed by atoms with Crippen molar-refractivity contribution >= 4 is 53.1 Å². The van der Waals surface area contributed by atoms with Gasteiger partial charge in [-0.25, -0.2) is 10.2 Å². The molecule has 2 heterocycles. The summed E-state index contributed by atoms with van der Waals surface area (Å²) in [6.45, 7) is 6.02. The molecule has 1 amide bonds. The molecule has 0 atom stereocenters. The zero-order valence-corrected chi connectivity index (χ0v) is 24.1. The number of thioether (sulfide) groups is 1. The maximum absolute atomic E-state index is 12.3. The van der Waals surface area contributed by atoms with Crippen LogP contribution < -0.4 is 10.2 Å². The van der Waals surface area contributed by atoms with Crippen molar-refractivity contribution < 1.29 is 23.5 Å². The zero-order valence-electron chi connectivity index (χ0n) is 21.8. The summed E-state index contributed by atoms with van der Waals surface area (Å²) >= 11 is 13.0. The molecule has 4 aromatic rings. The van der Waals surface area contributed by atoms with Crippen LogP contribution in [0, 0.1) is 13.8 Å². The Kier molecular flexibility index (Phi) is 9.86. The smallest absolute Gasteiger partial charge is 0.338 e. The quantitative estimate of drug-likeness (QED) is 0.0993. The zero-order chi connectivity index (χ0) is 28.6. The highest BCUT2D eigenvalue weighted by Crippen LogP contribution is 2.28. The highest BCUT2D eigenvalue weighted by molar-refractivity contribution is 7.99. The molecule has 0 aliphatic rings. The van der Waals surface area contributed by atoms with Crippen molar-refractivity contribution in [2.45, 2.75) is 32.6 Å². The van der Waals surface area contributed by atoms with E-state index < -0.39 is 0 Å². The minimum Gasteiger partial charge on any atom is -0.482 e. The maximum atomic E-state index is 12.3. The molecule has 208 valence electrons. The second-order valence-corrected chi connectivity index (χ2v) is 10.1. The third-order valence-corrected chi connectivity index (χ3v) is 6.87. The molecular formula is C27H25Cl2N5O5S. The standard InChI is InChI=1S/C27H25Cl2N5O5S/c1-4-37-26(36)18-5-8-21(9-6-18)34-16(2)11-19(17(34)3)13-30-31-24(35)15-40-27-33-32-25(39-27)14-38-23-10-7-20(28)12-22(23)29/h5-13H,4,14-15H2,1-3H3,(H,31,35)/b30-13-. The summed E-state index contributed by atoms with van der Waals surface area (Å²) in [4.78, 5) is 24.2. The molecule has 0 spiro atoms. The van der Waals surface area contributed by atoms with E-state index in [1.807, 2.05) is 36.6 Å². The van der Waals surface area contributed by atoms with Gasteiger partial charge >= 0.3 is 5.97 Å². The fraction of sp³-hybridized carbons (Fsp3) is 0.222. The minimum atomic E-state index is -0.357. The highest BCUT2D eigenvalue weighted by atomic mass is 35.5. The van der Waals surface area contributed by atoms with E-state index in [9.17, 15) is 9.59 Å². The van der Waals surface area contributed by atoms with Gasteiger partial charge in [0.25, 0.3) is 17.0 Å². The Labute approximate surface area is 244 Å². The van der Waals surface area contributed by atoms with Crippen LogP contribution >= 0.6 is 35.0 Å². The van der Waals surface area contributed by atoms with Crippen LogP contribution in [-0.2, 0) is 16.1 Å². The number of ether oxygens (including phenoxy) is 2. The van der Waals surface area contributed by atoms with Crippen molar-refractivity contribution in [3.8, 4) is 11.4 Å². The van der Waals surface area contributed by atoms with Crippen molar-refractivity contribution in [3.05, 3.63) is 87.0 Å². The summed E-state index contributed by atoms with van der Waals surface area (Å²) in [5.41, 5.74) is 6.62. The van der Waals surface area contributed by atoms with Crippen LogP contribution in [-0.4, -0.2) is 45.2 Å². The van der Waals surface area contributed by atoms with Gasteiger partial charge in [-0.05, 0) is 69.3 Å². The van der Waals surface area contributed by atoms with E-state index in [1.165, 1.54) is 0 Å². The van der Waals surface area contributed by atoms with E-state index in [2.05, 4.69) is 20.7 Å². The molecule has 13 heteroatoms. The fourth-order valence-electron chi connectivity index (χ4n) is 3.70. The van der Waals surface area contributed by atoms with Crippen LogP contribution in [0.1, 0.15) is 40.1 Å². The number of nitrogens with one attached hydrogen (secondary N) is 1. The lowest BCUT2D eigenvalue weighted by atomic mass is 10.2. The van der Waals surface area contributed by atoms with E-state index in [0.717, 1.165) is 34.4 Å². The first-order valence-electron chi connectivity index (χ1n) is 12.1. The summed E-state index contributed by atoms with van der Waals surface area (Å²) < 4.78 is 18.1. The highest BCUT2D eigenvalue weighted by Gasteiger charge is 2.13. The van der Waals surface area contributed by atoms with Gasteiger partial charge in [-0.2, -0.15) is 5.10 Å². The molecule has 0 unspecified atom stereocenters. The van der Waals surface area contributed by atoms with Gasteiger partial charge in [0.15, 0.2) is 6.61 Å². The molecule has 0 aliphatic heterocycles. The molecule has 0 saturated carbocycles. The van der Waals surface area contributed by atoms with Gasteiger partial charge in [-0.1, -0.05) is 35.0 Å². The first kappa shape index (κ1) is 29.2. The number of esters is 1. The number of rotatable bonds is 11. The normalized spacial score (nSPS) is 11.1. The number of hydrogen-bond acceptors (Lipinski definition) is 9. The van der Waals surface area contributed by atoms with Crippen LogP contribution in [0.15, 0.2) is 63.3 Å². The van der Waals surface area contributed by atoms with Gasteiger partial charge in [0.1, 0.15) is 5.75 Å². The first-order chi connectivity index (χ1) is 19.2. The summed E-state index contributed by atoms with van der Waals surface area (Å²) in [6.07, 6.45) is 1.58. The number of amides is 1. The van der Waals surface area contributed by atoms with Crippen LogP contribution in [0.3, 0.4) is 0 Å². The topological polar surface area (TPSA) is 121 Å². The van der Waals surface area contributed by atoms with Crippen LogP contribution in [0.5, 0.6) is 5.75 Å². The lowest BCUT2D eigenvalue weighted by Gasteiger charge is -2.10. The second-order valence-electron chi connectivity index (χ2n) is 8.34. The lowest BCUT2D eigenvalue weighted by Crippen LogP contribution is -2.19. The number of hydrazone groups is 1. The third-order valence-electron chi connectivity index (χ3n) is 5.52. The Bertz CT molecular complexity index is 1530. The van der Waals surface area contributed by atoms with Crippen LogP contribution in [0.2, 0.25) is 10.0 Å². The molecule has 10 nitrogen and oxygen atoms in total. The molecule has 4 rings (SSSR count). The van der Waals surface area contributed by atoms with Gasteiger partial charge in [0.05, 0.1) is 29.2 Å². The number of halogens is 2. The monoisotopic (exact) mass is 601 g/mol. The van der Waals surface area contributed by atoms with Gasteiger partial charge < -0.3 is 18.5 Å². The Balaban J connectivity index is 1.28. The molecule has 0 radical (unpaired) electrons. The Morgan fingerprint density at radius 3 is 2.62 bits per heavy atom. The van der Waals surface area contributed by atoms with Crippen molar-refractivity contribution in [2.24, 2.45) is 5.10 Å². The molecule has 0 saturated heterocycles. The predicted molar refractivity (Wildman–Crippen MR) is 153 cm³/mol. The Hall–Kier alpha value is -3.80. The largest absolute Gasteiger partial charge is 0.482 e. The SMILES string of the molecule is CCOC(=O)c1ccc(-n2c(C)cc(/C=N\NC(=O)CSc3nnc(COc4ccc(Cl)cc4Cl)o3)c2C)cc1. The number of nitrogens with zero attached hydrogens (tertiary/aromatic N) is 4. The Morgan fingerprint density at radius 2 is 1.90 bits per heavy atom. The average molecular weight is 603 g/mol. The van der Waals surface area contributed by atoms with Gasteiger partial charge in [0.2, 0.25) is 0 Å². The number of benzene rings is 2. The molecule has 40 heavy (non-hydrogen) atoms. The van der Waals surface area contributed by atoms with Crippen LogP contribution in [0.4, 0.5) is 0 Å².